The molecule has 0 saturated carbocycles. The fraction of sp³-hybridized carbons (Fsp3) is 0.105. The molecule has 0 radical (unpaired) electrons. The number of benzene rings is 2. The first-order chi connectivity index (χ1) is 13.3. The number of halogens is 2. The van der Waals surface area contributed by atoms with E-state index >= 15 is 0 Å². The van der Waals surface area contributed by atoms with E-state index < -0.39 is 26.6 Å². The summed E-state index contributed by atoms with van der Waals surface area (Å²) in [6.45, 7) is 0.452. The van der Waals surface area contributed by atoms with Crippen LogP contribution in [0, 0.1) is 11.6 Å². The second kappa shape index (κ2) is 8.49. The average Bonchev–Trinajstić information content (AvgIpc) is 3.17. The smallest absolute Gasteiger partial charge is 0.264 e. The van der Waals surface area contributed by atoms with E-state index in [9.17, 15) is 22.0 Å². The van der Waals surface area contributed by atoms with Gasteiger partial charge in [-0.25, -0.2) is 17.2 Å². The molecule has 0 saturated heterocycles. The number of carbonyl (C=O) groups excluding carboxylic acids is 1. The third kappa shape index (κ3) is 5.14. The molecule has 0 spiro atoms. The summed E-state index contributed by atoms with van der Waals surface area (Å²) in [6.07, 6.45) is 0.136. The van der Waals surface area contributed by atoms with Gasteiger partial charge in [0.25, 0.3) is 10.0 Å². The summed E-state index contributed by atoms with van der Waals surface area (Å²) >= 11 is 1.55. The highest BCUT2D eigenvalue weighted by atomic mass is 32.2. The topological polar surface area (TPSA) is 75.3 Å². The van der Waals surface area contributed by atoms with Gasteiger partial charge >= 0.3 is 0 Å². The van der Waals surface area contributed by atoms with E-state index in [-0.39, 0.29) is 18.0 Å². The van der Waals surface area contributed by atoms with Gasteiger partial charge in [-0.2, -0.15) is 0 Å². The highest BCUT2D eigenvalue weighted by molar-refractivity contribution is 7.92. The molecule has 146 valence electrons. The zero-order valence-electron chi connectivity index (χ0n) is 14.5. The molecule has 3 aromatic rings. The predicted molar refractivity (Wildman–Crippen MR) is 103 cm³/mol. The van der Waals surface area contributed by atoms with Crippen molar-refractivity contribution in [1.29, 1.82) is 0 Å². The molecule has 9 heteroatoms. The first-order valence-electron chi connectivity index (χ1n) is 8.19. The SMILES string of the molecule is O=C(Cc1ccc(NS(=O)(=O)c2cc(F)ccc2F)cc1)NCc1cccs1. The van der Waals surface area contributed by atoms with E-state index in [2.05, 4.69) is 10.0 Å². The maximum Gasteiger partial charge on any atom is 0.264 e. The molecule has 3 rings (SSSR count). The standard InChI is InChI=1S/C19H16F2N2O3S2/c20-14-5-8-17(21)18(11-14)28(25,26)23-15-6-3-13(4-7-15)10-19(24)22-12-16-2-1-9-27-16/h1-9,11,23H,10,12H2,(H,22,24). The first kappa shape index (κ1) is 20.0. The van der Waals surface area contributed by atoms with Gasteiger partial charge in [-0.3, -0.25) is 9.52 Å². The Labute approximate surface area is 165 Å². The quantitative estimate of drug-likeness (QED) is 0.610. The lowest BCUT2D eigenvalue weighted by molar-refractivity contribution is -0.120. The average molecular weight is 422 g/mol. The zero-order valence-corrected chi connectivity index (χ0v) is 16.1. The summed E-state index contributed by atoms with van der Waals surface area (Å²) in [7, 11) is -4.28. The summed E-state index contributed by atoms with van der Waals surface area (Å²) in [4.78, 5) is 12.3. The Balaban J connectivity index is 1.62. The van der Waals surface area contributed by atoms with Crippen LogP contribution in [0.4, 0.5) is 14.5 Å². The lowest BCUT2D eigenvalue weighted by atomic mass is 10.1. The Morgan fingerprint density at radius 1 is 1.04 bits per heavy atom. The number of rotatable bonds is 7. The van der Waals surface area contributed by atoms with Crippen LogP contribution < -0.4 is 10.0 Å². The number of hydrogen-bond acceptors (Lipinski definition) is 4. The molecule has 0 aliphatic rings. The normalized spacial score (nSPS) is 11.2. The number of carbonyl (C=O) groups is 1. The van der Waals surface area contributed by atoms with Crippen molar-refractivity contribution in [3.8, 4) is 0 Å². The first-order valence-corrected chi connectivity index (χ1v) is 10.6. The molecule has 1 heterocycles. The fourth-order valence-electron chi connectivity index (χ4n) is 2.43. The molecule has 0 fully saturated rings. The summed E-state index contributed by atoms with van der Waals surface area (Å²) in [5, 5.41) is 4.73. The monoisotopic (exact) mass is 422 g/mol. The van der Waals surface area contributed by atoms with Crippen LogP contribution in [0.25, 0.3) is 0 Å². The van der Waals surface area contributed by atoms with Crippen LogP contribution in [0.1, 0.15) is 10.4 Å². The molecular formula is C19H16F2N2O3S2. The Bertz CT molecular complexity index is 1070. The lowest BCUT2D eigenvalue weighted by Crippen LogP contribution is -2.24. The summed E-state index contributed by atoms with van der Waals surface area (Å²) in [5.74, 6) is -2.07. The summed E-state index contributed by atoms with van der Waals surface area (Å²) < 4.78 is 53.7. The van der Waals surface area contributed by atoms with Crippen molar-refractivity contribution in [1.82, 2.24) is 5.32 Å². The van der Waals surface area contributed by atoms with Gasteiger partial charge in [0, 0.05) is 10.6 Å². The largest absolute Gasteiger partial charge is 0.351 e. The van der Waals surface area contributed by atoms with Gasteiger partial charge in [-0.15, -0.1) is 11.3 Å². The van der Waals surface area contributed by atoms with Crippen LogP contribution in [-0.4, -0.2) is 14.3 Å². The number of anilines is 1. The van der Waals surface area contributed by atoms with Crippen molar-refractivity contribution in [2.45, 2.75) is 17.9 Å². The number of hydrogen-bond donors (Lipinski definition) is 2. The van der Waals surface area contributed by atoms with Gasteiger partial charge in [-0.1, -0.05) is 18.2 Å². The van der Waals surface area contributed by atoms with Crippen LogP contribution in [0.3, 0.4) is 0 Å². The molecule has 0 aliphatic carbocycles. The number of nitrogens with one attached hydrogen (secondary N) is 2. The van der Waals surface area contributed by atoms with Crippen LogP contribution in [0.5, 0.6) is 0 Å². The number of amides is 1. The molecule has 0 aliphatic heterocycles. The molecule has 28 heavy (non-hydrogen) atoms. The highest BCUT2D eigenvalue weighted by Crippen LogP contribution is 2.20. The van der Waals surface area contributed by atoms with E-state index in [0.717, 1.165) is 17.0 Å². The highest BCUT2D eigenvalue weighted by Gasteiger charge is 2.20. The van der Waals surface area contributed by atoms with Crippen LogP contribution in [0.2, 0.25) is 0 Å². The molecule has 5 nitrogen and oxygen atoms in total. The third-order valence-electron chi connectivity index (χ3n) is 3.79. The van der Waals surface area contributed by atoms with Crippen LogP contribution in [-0.2, 0) is 27.8 Å². The van der Waals surface area contributed by atoms with Gasteiger partial charge in [-0.05, 0) is 47.3 Å². The molecule has 0 bridgehead atoms. The van der Waals surface area contributed by atoms with Gasteiger partial charge in [0.15, 0.2) is 0 Å². The predicted octanol–water partition coefficient (Wildman–Crippen LogP) is 3.69. The van der Waals surface area contributed by atoms with Crippen molar-refractivity contribution in [2.75, 3.05) is 4.72 Å². The Morgan fingerprint density at radius 2 is 1.79 bits per heavy atom. The lowest BCUT2D eigenvalue weighted by Gasteiger charge is -2.10. The second-order valence-corrected chi connectivity index (χ2v) is 8.59. The number of sulfonamides is 1. The Morgan fingerprint density at radius 3 is 2.46 bits per heavy atom. The molecule has 0 unspecified atom stereocenters. The molecule has 2 N–H and O–H groups in total. The summed E-state index contributed by atoms with van der Waals surface area (Å²) in [6, 6.07) is 12.1. The van der Waals surface area contributed by atoms with Crippen molar-refractivity contribution in [2.24, 2.45) is 0 Å². The van der Waals surface area contributed by atoms with Crippen LogP contribution >= 0.6 is 11.3 Å². The van der Waals surface area contributed by atoms with Crippen molar-refractivity contribution < 1.29 is 22.0 Å². The zero-order chi connectivity index (χ0) is 20.1. The van der Waals surface area contributed by atoms with Gasteiger partial charge in [0.1, 0.15) is 16.5 Å². The van der Waals surface area contributed by atoms with Crippen LogP contribution in [0.15, 0.2) is 64.9 Å². The Hall–Kier alpha value is -2.78. The molecule has 0 atom stereocenters. The Kier molecular flexibility index (Phi) is 6.05. The van der Waals surface area contributed by atoms with Gasteiger partial charge in [0.05, 0.1) is 13.0 Å². The minimum absolute atomic E-state index is 0.136. The van der Waals surface area contributed by atoms with Gasteiger partial charge in [0.2, 0.25) is 5.91 Å². The maximum absolute atomic E-state index is 13.7. The van der Waals surface area contributed by atoms with E-state index in [1.54, 1.807) is 23.5 Å². The van der Waals surface area contributed by atoms with E-state index in [4.69, 9.17) is 0 Å². The minimum Gasteiger partial charge on any atom is -0.351 e. The molecule has 1 amide bonds. The number of thiophene rings is 1. The van der Waals surface area contributed by atoms with Crippen molar-refractivity contribution in [3.63, 3.8) is 0 Å². The molecule has 2 aromatic carbocycles. The minimum atomic E-state index is -4.28. The van der Waals surface area contributed by atoms with E-state index in [0.29, 0.717) is 18.2 Å². The third-order valence-corrected chi connectivity index (χ3v) is 6.07. The van der Waals surface area contributed by atoms with E-state index in [1.165, 1.54) is 12.1 Å². The molecular weight excluding hydrogens is 406 g/mol. The summed E-state index contributed by atoms with van der Waals surface area (Å²) in [5.41, 5.74) is 0.856. The fourth-order valence-corrected chi connectivity index (χ4v) is 4.22. The van der Waals surface area contributed by atoms with Gasteiger partial charge < -0.3 is 5.32 Å². The van der Waals surface area contributed by atoms with Crippen molar-refractivity contribution >= 4 is 33.0 Å². The molecule has 1 aromatic heterocycles. The van der Waals surface area contributed by atoms with Crippen molar-refractivity contribution in [3.05, 3.63) is 82.1 Å². The maximum atomic E-state index is 13.7. The van der Waals surface area contributed by atoms with E-state index in [1.807, 2.05) is 17.5 Å². The second-order valence-electron chi connectivity index (χ2n) is 5.91.